The summed E-state index contributed by atoms with van der Waals surface area (Å²) in [5, 5.41) is 8.49. The molecule has 0 spiro atoms. The molecule has 2 aromatic heterocycles. The summed E-state index contributed by atoms with van der Waals surface area (Å²) in [7, 11) is 3.87. The maximum absolute atomic E-state index is 6.36. The topological polar surface area (TPSA) is 43.0 Å². The zero-order valence-electron chi connectivity index (χ0n) is 10.9. The van der Waals surface area contributed by atoms with Gasteiger partial charge >= 0.3 is 0 Å². The molecule has 2 heterocycles. The minimum atomic E-state index is 0.182. The van der Waals surface area contributed by atoms with Gasteiger partial charge in [0.15, 0.2) is 0 Å². The first-order valence-electron chi connectivity index (χ1n) is 6.07. The Morgan fingerprint density at radius 2 is 2.33 bits per heavy atom. The standard InChI is InChI=1S/C13H18ClN3O/c1-4-10-13(14)12(17(3)16-10)7-11(15-2)9-5-6-18-8-9/h5-6,8,11,15H,4,7H2,1-3H3. The highest BCUT2D eigenvalue weighted by molar-refractivity contribution is 6.31. The summed E-state index contributed by atoms with van der Waals surface area (Å²) in [5.74, 6) is 0. The van der Waals surface area contributed by atoms with Crippen molar-refractivity contribution in [1.82, 2.24) is 15.1 Å². The largest absolute Gasteiger partial charge is 0.472 e. The van der Waals surface area contributed by atoms with Gasteiger partial charge in [0.25, 0.3) is 0 Å². The van der Waals surface area contributed by atoms with Gasteiger partial charge in [-0.25, -0.2) is 0 Å². The lowest BCUT2D eigenvalue weighted by molar-refractivity contribution is 0.532. The molecule has 2 aromatic rings. The van der Waals surface area contributed by atoms with Gasteiger partial charge in [-0.05, 0) is 19.5 Å². The van der Waals surface area contributed by atoms with Crippen LogP contribution in [0, 0.1) is 0 Å². The molecule has 0 aliphatic carbocycles. The van der Waals surface area contributed by atoms with Gasteiger partial charge < -0.3 is 9.73 Å². The summed E-state index contributed by atoms with van der Waals surface area (Å²) in [6, 6.07) is 2.15. The Hall–Kier alpha value is -1.26. The van der Waals surface area contributed by atoms with Gasteiger partial charge in [0.1, 0.15) is 0 Å². The second-order valence-electron chi connectivity index (χ2n) is 4.29. The van der Waals surface area contributed by atoms with Gasteiger partial charge in [0, 0.05) is 25.1 Å². The fourth-order valence-corrected chi connectivity index (χ4v) is 2.47. The van der Waals surface area contributed by atoms with E-state index in [1.165, 1.54) is 0 Å². The van der Waals surface area contributed by atoms with E-state index >= 15 is 0 Å². The number of nitrogens with one attached hydrogen (secondary N) is 1. The van der Waals surface area contributed by atoms with Crippen molar-refractivity contribution < 1.29 is 4.42 Å². The molecule has 2 rings (SSSR count). The third kappa shape index (κ3) is 2.44. The number of aryl methyl sites for hydroxylation is 2. The predicted molar refractivity (Wildman–Crippen MR) is 71.8 cm³/mol. The first-order chi connectivity index (χ1) is 8.67. The fraction of sp³-hybridized carbons (Fsp3) is 0.462. The Balaban J connectivity index is 2.25. The Morgan fingerprint density at radius 1 is 1.56 bits per heavy atom. The van der Waals surface area contributed by atoms with E-state index in [1.807, 2.05) is 24.8 Å². The predicted octanol–water partition coefficient (Wildman–Crippen LogP) is 2.73. The summed E-state index contributed by atoms with van der Waals surface area (Å²) in [6.45, 7) is 2.06. The molecule has 18 heavy (non-hydrogen) atoms. The number of aromatic nitrogens is 2. The Labute approximate surface area is 112 Å². The molecule has 5 heteroatoms. The van der Waals surface area contributed by atoms with E-state index in [2.05, 4.69) is 17.3 Å². The van der Waals surface area contributed by atoms with E-state index < -0.39 is 0 Å². The average molecular weight is 268 g/mol. The van der Waals surface area contributed by atoms with Crippen molar-refractivity contribution in [2.45, 2.75) is 25.8 Å². The smallest absolute Gasteiger partial charge is 0.0950 e. The van der Waals surface area contributed by atoms with Gasteiger partial charge in [0.2, 0.25) is 0 Å². The molecule has 1 unspecified atom stereocenters. The lowest BCUT2D eigenvalue weighted by atomic mass is 10.0. The van der Waals surface area contributed by atoms with Crippen molar-refractivity contribution in [3.63, 3.8) is 0 Å². The van der Waals surface area contributed by atoms with Crippen LogP contribution in [0.1, 0.15) is 29.9 Å². The van der Waals surface area contributed by atoms with Gasteiger partial charge in [-0.3, -0.25) is 4.68 Å². The van der Waals surface area contributed by atoms with Gasteiger partial charge in [-0.15, -0.1) is 0 Å². The molecule has 1 N–H and O–H groups in total. The molecule has 1 atom stereocenters. The Morgan fingerprint density at radius 3 is 2.83 bits per heavy atom. The molecule has 0 saturated heterocycles. The van der Waals surface area contributed by atoms with Crippen LogP contribution in [0.3, 0.4) is 0 Å². The van der Waals surface area contributed by atoms with Crippen LogP contribution in [0.25, 0.3) is 0 Å². The molecule has 0 aliphatic heterocycles. The summed E-state index contributed by atoms with van der Waals surface area (Å²) in [5.41, 5.74) is 3.12. The van der Waals surface area contributed by atoms with E-state index in [0.717, 1.165) is 34.8 Å². The molecule has 0 radical (unpaired) electrons. The Kier molecular flexibility index (Phi) is 4.09. The van der Waals surface area contributed by atoms with Crippen molar-refractivity contribution in [3.05, 3.63) is 40.6 Å². The highest BCUT2D eigenvalue weighted by Gasteiger charge is 2.18. The lowest BCUT2D eigenvalue weighted by Gasteiger charge is -2.14. The number of furan rings is 1. The van der Waals surface area contributed by atoms with Crippen LogP contribution in [0.4, 0.5) is 0 Å². The molecule has 98 valence electrons. The number of nitrogens with zero attached hydrogens (tertiary/aromatic N) is 2. The fourth-order valence-electron chi connectivity index (χ4n) is 2.09. The number of halogens is 1. The van der Waals surface area contributed by atoms with Gasteiger partial charge in [0.05, 0.1) is 28.9 Å². The van der Waals surface area contributed by atoms with E-state index in [9.17, 15) is 0 Å². The third-order valence-electron chi connectivity index (χ3n) is 3.19. The van der Waals surface area contributed by atoms with Crippen LogP contribution in [-0.2, 0) is 19.9 Å². The first kappa shape index (κ1) is 13.2. The van der Waals surface area contributed by atoms with Crippen LogP contribution >= 0.6 is 11.6 Å². The molecule has 0 aliphatic rings. The number of rotatable bonds is 5. The maximum Gasteiger partial charge on any atom is 0.0950 e. The van der Waals surface area contributed by atoms with Crippen LogP contribution < -0.4 is 5.32 Å². The van der Waals surface area contributed by atoms with E-state index in [1.54, 1.807) is 12.5 Å². The van der Waals surface area contributed by atoms with Crippen molar-refractivity contribution in [3.8, 4) is 0 Å². The summed E-state index contributed by atoms with van der Waals surface area (Å²) in [6.07, 6.45) is 5.08. The molecule has 0 aromatic carbocycles. The molecule has 0 saturated carbocycles. The van der Waals surface area contributed by atoms with E-state index in [-0.39, 0.29) is 6.04 Å². The van der Waals surface area contributed by atoms with E-state index in [4.69, 9.17) is 16.0 Å². The van der Waals surface area contributed by atoms with Crippen molar-refractivity contribution >= 4 is 11.6 Å². The average Bonchev–Trinajstić information content (AvgIpc) is 2.97. The minimum absolute atomic E-state index is 0.182. The number of likely N-dealkylation sites (N-methyl/N-ethyl adjacent to an activating group) is 1. The van der Waals surface area contributed by atoms with Crippen LogP contribution in [0.2, 0.25) is 5.02 Å². The molecule has 0 fully saturated rings. The van der Waals surface area contributed by atoms with Crippen LogP contribution in [-0.4, -0.2) is 16.8 Å². The number of hydrogen-bond donors (Lipinski definition) is 1. The lowest BCUT2D eigenvalue weighted by Crippen LogP contribution is -2.19. The van der Waals surface area contributed by atoms with Crippen molar-refractivity contribution in [2.75, 3.05) is 7.05 Å². The van der Waals surface area contributed by atoms with Crippen LogP contribution in [0.15, 0.2) is 23.0 Å². The van der Waals surface area contributed by atoms with Gasteiger partial charge in [-0.1, -0.05) is 18.5 Å². The third-order valence-corrected chi connectivity index (χ3v) is 3.63. The highest BCUT2D eigenvalue weighted by Crippen LogP contribution is 2.26. The molecular formula is C13H18ClN3O. The summed E-state index contributed by atoms with van der Waals surface area (Å²) >= 11 is 6.36. The zero-order valence-corrected chi connectivity index (χ0v) is 11.7. The quantitative estimate of drug-likeness (QED) is 0.906. The molecule has 4 nitrogen and oxygen atoms in total. The normalized spacial score (nSPS) is 12.9. The zero-order chi connectivity index (χ0) is 13.1. The maximum atomic E-state index is 6.36. The summed E-state index contributed by atoms with van der Waals surface area (Å²) in [4.78, 5) is 0. The summed E-state index contributed by atoms with van der Waals surface area (Å²) < 4.78 is 6.99. The first-order valence-corrected chi connectivity index (χ1v) is 6.44. The number of hydrogen-bond acceptors (Lipinski definition) is 3. The molecular weight excluding hydrogens is 250 g/mol. The Bertz CT molecular complexity index is 505. The van der Waals surface area contributed by atoms with Gasteiger partial charge in [-0.2, -0.15) is 5.10 Å². The monoisotopic (exact) mass is 267 g/mol. The van der Waals surface area contributed by atoms with Crippen molar-refractivity contribution in [2.24, 2.45) is 7.05 Å². The highest BCUT2D eigenvalue weighted by atomic mass is 35.5. The SMILES string of the molecule is CCc1nn(C)c(CC(NC)c2ccoc2)c1Cl. The van der Waals surface area contributed by atoms with E-state index in [0.29, 0.717) is 0 Å². The second kappa shape index (κ2) is 5.59. The van der Waals surface area contributed by atoms with Crippen molar-refractivity contribution in [1.29, 1.82) is 0 Å². The minimum Gasteiger partial charge on any atom is -0.472 e. The molecule has 0 amide bonds. The second-order valence-corrected chi connectivity index (χ2v) is 4.66. The van der Waals surface area contributed by atoms with Crippen LogP contribution in [0.5, 0.6) is 0 Å². The molecule has 0 bridgehead atoms.